The van der Waals surface area contributed by atoms with Crippen molar-refractivity contribution in [2.75, 3.05) is 55.9 Å². The Bertz CT molecular complexity index is 2330. The number of aliphatic hydroxyl groups is 1. The average molecular weight is 1200 g/mol. The molecule has 0 aromatic rings. The van der Waals surface area contributed by atoms with Crippen LogP contribution in [0, 0.1) is 53.3 Å². The maximum atomic E-state index is 15.1. The summed E-state index contributed by atoms with van der Waals surface area (Å²) >= 11 is 0. The van der Waals surface area contributed by atoms with Crippen LogP contribution in [0.1, 0.15) is 170 Å². The summed E-state index contributed by atoms with van der Waals surface area (Å²) in [5.41, 5.74) is 0. The molecule has 0 unspecified atom stereocenters. The van der Waals surface area contributed by atoms with Gasteiger partial charge in [0.2, 0.25) is 53.2 Å². The zero-order valence-corrected chi connectivity index (χ0v) is 56.5. The van der Waals surface area contributed by atoms with Gasteiger partial charge in [-0.3, -0.25) is 52.7 Å². The number of carbonyl (C=O) groups is 11. The Hall–Kier alpha value is -5.73. The highest BCUT2D eigenvalue weighted by atomic mass is 16.3. The third-order valence-corrected chi connectivity index (χ3v) is 16.7. The third kappa shape index (κ3) is 21.9. The van der Waals surface area contributed by atoms with Crippen molar-refractivity contribution < 1.29 is 59.3 Å². The highest BCUT2D eigenvalue weighted by Crippen LogP contribution is 2.27. The van der Waals surface area contributed by atoms with Gasteiger partial charge in [-0.05, 0) is 86.9 Å². The molecule has 1 rings (SSSR count). The van der Waals surface area contributed by atoms with E-state index in [2.05, 4.69) is 10.6 Å². The fourth-order valence-electron chi connectivity index (χ4n) is 11.2. The van der Waals surface area contributed by atoms with Crippen molar-refractivity contribution in [3.63, 3.8) is 0 Å². The fourth-order valence-corrected chi connectivity index (χ4v) is 11.2. The Morgan fingerprint density at radius 3 is 1.39 bits per heavy atom. The topological polar surface area (TPSA) is 255 Å². The molecule has 0 radical (unpaired) electrons. The summed E-state index contributed by atoms with van der Waals surface area (Å²) in [5.74, 6) is -10.4. The van der Waals surface area contributed by atoms with Crippen LogP contribution in [0.15, 0.2) is 12.2 Å². The van der Waals surface area contributed by atoms with Crippen LogP contribution in [-0.2, 0) is 52.7 Å². The number of ketones is 2. The molecule has 488 valence electrons. The largest absolute Gasteiger partial charge is 0.390 e. The minimum Gasteiger partial charge on any atom is -0.390 e. The van der Waals surface area contributed by atoms with E-state index in [9.17, 15) is 48.3 Å². The molecule has 0 aliphatic carbocycles. The Kier molecular flexibility index (Phi) is 32.0. The SMILES string of the molecule is C/C=C/C[C@@H](C)[C@@H](O)[C@H]1C(=O)N[C@@H](CC)C(=O)N(C)CC(=O)N(C)[C@@H](CC(C)C)C(=O)N[C@@H](C(C)C)C(=O)N(C)[C@@H](CC(C)C)C(=O)C[C@@H](C)C(=O)C[C@H](C)C(=O)N(C)[C@@H](CC(C)C)C(=O)N(C)[C@@H](CC(C)C)C(=O)N(C)[C@@H](C(C)C)C(=O)N1C.[HH]. The van der Waals surface area contributed by atoms with Gasteiger partial charge in [-0.15, -0.1) is 0 Å². The Morgan fingerprint density at radius 2 is 0.929 bits per heavy atom. The number of hydrogen-bond acceptors (Lipinski definition) is 12. The van der Waals surface area contributed by atoms with E-state index in [1.165, 1.54) is 73.8 Å². The molecular weight excluding hydrogens is 1090 g/mol. The van der Waals surface area contributed by atoms with Gasteiger partial charge in [0.05, 0.1) is 18.7 Å². The lowest BCUT2D eigenvalue weighted by Gasteiger charge is -2.41. The van der Waals surface area contributed by atoms with Crippen LogP contribution in [0.2, 0.25) is 0 Å². The molecular formula is C64H115N9O12. The van der Waals surface area contributed by atoms with Crippen LogP contribution in [-0.4, -0.2) is 214 Å². The molecule has 21 heteroatoms. The fraction of sp³-hybridized carbons (Fsp3) is 0.797. The molecule has 9 amide bonds. The van der Waals surface area contributed by atoms with E-state index in [-0.39, 0.29) is 81.6 Å². The quantitative estimate of drug-likeness (QED) is 0.167. The first-order valence-corrected chi connectivity index (χ1v) is 31.0. The molecule has 21 nitrogen and oxygen atoms in total. The second-order valence-electron chi connectivity index (χ2n) is 26.8. The zero-order chi connectivity index (χ0) is 66.0. The monoisotopic (exact) mass is 1200 g/mol. The molecule has 0 spiro atoms. The van der Waals surface area contributed by atoms with Gasteiger partial charge in [-0.1, -0.05) is 123 Å². The van der Waals surface area contributed by atoms with Crippen molar-refractivity contribution in [3.8, 4) is 0 Å². The van der Waals surface area contributed by atoms with Gasteiger partial charge in [0.25, 0.3) is 0 Å². The average Bonchev–Trinajstić information content (AvgIpc) is 3.35. The smallest absolute Gasteiger partial charge is 0.246 e. The first kappa shape index (κ1) is 77.3. The number of aliphatic hydroxyl groups excluding tert-OH is 1. The molecule has 1 aliphatic heterocycles. The molecule has 85 heavy (non-hydrogen) atoms. The number of rotatable bonds is 15. The third-order valence-electron chi connectivity index (χ3n) is 16.7. The summed E-state index contributed by atoms with van der Waals surface area (Å²) in [6.07, 6.45) is 2.73. The van der Waals surface area contributed by atoms with Crippen LogP contribution in [0.4, 0.5) is 0 Å². The number of Topliss-reactive ketones (excluding diaryl/α,β-unsaturated/α-hetero) is 2. The molecule has 1 saturated heterocycles. The van der Waals surface area contributed by atoms with Gasteiger partial charge < -0.3 is 50.0 Å². The van der Waals surface area contributed by atoms with E-state index < -0.39 is 144 Å². The number of hydrogen-bond donors (Lipinski definition) is 3. The summed E-state index contributed by atoms with van der Waals surface area (Å²) in [5, 5.41) is 17.7. The molecule has 1 heterocycles. The van der Waals surface area contributed by atoms with E-state index in [4.69, 9.17) is 0 Å². The predicted molar refractivity (Wildman–Crippen MR) is 333 cm³/mol. The van der Waals surface area contributed by atoms with Crippen molar-refractivity contribution in [2.24, 2.45) is 53.3 Å². The van der Waals surface area contributed by atoms with E-state index in [0.29, 0.717) is 6.42 Å². The van der Waals surface area contributed by atoms with Gasteiger partial charge in [0.1, 0.15) is 48.1 Å². The summed E-state index contributed by atoms with van der Waals surface area (Å²) < 4.78 is 0. The van der Waals surface area contributed by atoms with E-state index in [0.717, 1.165) is 9.80 Å². The number of carbonyl (C=O) groups excluding carboxylic acids is 11. The maximum Gasteiger partial charge on any atom is 0.246 e. The molecule has 12 atom stereocenters. The molecule has 1 aliphatic rings. The molecule has 3 N–H and O–H groups in total. The summed E-state index contributed by atoms with van der Waals surface area (Å²) in [6, 6.07) is -9.57. The van der Waals surface area contributed by atoms with Gasteiger partial charge in [-0.2, -0.15) is 0 Å². The highest BCUT2D eigenvalue weighted by Gasteiger charge is 2.45. The lowest BCUT2D eigenvalue weighted by molar-refractivity contribution is -0.157. The minimum atomic E-state index is -1.60. The molecule has 0 aromatic heterocycles. The van der Waals surface area contributed by atoms with Gasteiger partial charge >= 0.3 is 0 Å². The minimum absolute atomic E-state index is 0. The van der Waals surface area contributed by atoms with Crippen molar-refractivity contribution in [1.82, 2.24) is 44.9 Å². The van der Waals surface area contributed by atoms with E-state index in [1.54, 1.807) is 68.4 Å². The van der Waals surface area contributed by atoms with Gasteiger partial charge in [0, 0.05) is 75.4 Å². The normalized spacial score (nSPS) is 27.1. The number of allylic oxidation sites excluding steroid dienone is 2. The first-order valence-electron chi connectivity index (χ1n) is 31.0. The molecule has 0 aromatic carbocycles. The van der Waals surface area contributed by atoms with Crippen molar-refractivity contribution >= 4 is 64.7 Å². The van der Waals surface area contributed by atoms with Gasteiger partial charge in [-0.25, -0.2) is 0 Å². The molecule has 0 saturated carbocycles. The lowest BCUT2D eigenvalue weighted by atomic mass is 9.88. The van der Waals surface area contributed by atoms with E-state index >= 15 is 9.59 Å². The van der Waals surface area contributed by atoms with Crippen molar-refractivity contribution in [1.29, 1.82) is 0 Å². The number of amides is 9. The predicted octanol–water partition coefficient (Wildman–Crippen LogP) is 5.70. The lowest BCUT2D eigenvalue weighted by Crippen LogP contribution is -2.63. The van der Waals surface area contributed by atoms with Crippen LogP contribution < -0.4 is 10.6 Å². The second-order valence-corrected chi connectivity index (χ2v) is 26.8. The number of likely N-dealkylation sites (N-methyl/N-ethyl adjacent to an activating group) is 7. The maximum absolute atomic E-state index is 15.1. The summed E-state index contributed by atoms with van der Waals surface area (Å²) in [6.45, 7) is 29.9. The van der Waals surface area contributed by atoms with Crippen LogP contribution >= 0.6 is 0 Å². The van der Waals surface area contributed by atoms with Crippen LogP contribution in [0.25, 0.3) is 0 Å². The van der Waals surface area contributed by atoms with Gasteiger partial charge in [0.15, 0.2) is 5.78 Å². The standard InChI is InChI=1S/C64H113N9O12.H2/c1-25-27-28-42(15)56(77)55-58(79)65-45(26-2)60(81)67(18)35-52(76)68(19)47(30-37(5)6)57(78)66-53(40(11)12)63(84)69(20)46(29-36(3)4)51(75)33-43(16)50(74)34-44(17)59(80)70(21)48(31-38(7)8)61(82)71(22)49(32-39(9)10)62(83)72(23)54(41(13)14)64(85)73(55)24;/h25,27,36-49,53-56,77H,26,28-35H2,1-24H3,(H,65,79)(H,66,78);1H/b27-25+;/t42-,43-,44+,45+,46+,47+,48+,49+,53+,54+,55+,56-;/m1./s1. The first-order chi connectivity index (χ1) is 39.2. The molecule has 0 bridgehead atoms. The van der Waals surface area contributed by atoms with Crippen LogP contribution in [0.3, 0.4) is 0 Å². The Balaban J connectivity index is 0.0000722. The van der Waals surface area contributed by atoms with Crippen molar-refractivity contribution in [3.05, 3.63) is 12.2 Å². The Labute approximate surface area is 512 Å². The molecule has 1 fully saturated rings. The highest BCUT2D eigenvalue weighted by molar-refractivity contribution is 5.99. The van der Waals surface area contributed by atoms with E-state index in [1.807, 2.05) is 61.5 Å². The zero-order valence-electron chi connectivity index (χ0n) is 56.5. The Morgan fingerprint density at radius 1 is 0.494 bits per heavy atom. The van der Waals surface area contributed by atoms with Crippen LogP contribution in [0.5, 0.6) is 0 Å². The number of nitrogens with one attached hydrogen (secondary N) is 2. The summed E-state index contributed by atoms with van der Waals surface area (Å²) in [7, 11) is 10.1. The van der Waals surface area contributed by atoms with Crippen molar-refractivity contribution in [2.45, 2.75) is 224 Å². The number of nitrogens with zero attached hydrogens (tertiary/aromatic N) is 7. The summed E-state index contributed by atoms with van der Waals surface area (Å²) in [4.78, 5) is 169. The second kappa shape index (κ2) is 35.2.